The number of nitrogens with zero attached hydrogens (tertiary/aromatic N) is 4. The third kappa shape index (κ3) is 3.30. The van der Waals surface area contributed by atoms with Gasteiger partial charge in [-0.3, -0.25) is 19.4 Å². The molecule has 0 saturated carbocycles. The molecule has 2 unspecified atom stereocenters. The highest BCUT2D eigenvalue weighted by Gasteiger charge is 2.55. The number of para-hydroxylation sites is 1. The van der Waals surface area contributed by atoms with E-state index in [1.807, 2.05) is 32.0 Å². The number of hydrogen-bond donors (Lipinski definition) is 1. The van der Waals surface area contributed by atoms with Crippen molar-refractivity contribution in [1.29, 1.82) is 0 Å². The summed E-state index contributed by atoms with van der Waals surface area (Å²) in [5.41, 5.74) is 2.62. The van der Waals surface area contributed by atoms with Crippen LogP contribution in [-0.2, 0) is 14.4 Å². The third-order valence-electron chi connectivity index (χ3n) is 5.07. The van der Waals surface area contributed by atoms with Gasteiger partial charge in [0.15, 0.2) is 12.1 Å². The Labute approximate surface area is 176 Å². The molecule has 3 amide bonds. The van der Waals surface area contributed by atoms with Crippen molar-refractivity contribution < 1.29 is 18.8 Å². The van der Waals surface area contributed by atoms with Crippen LogP contribution in [0, 0.1) is 19.7 Å². The number of aryl methyl sites for hydroxylation is 2. The molecule has 2 heterocycles. The average molecular weight is 430 g/mol. The highest BCUT2D eigenvalue weighted by molar-refractivity contribution is 6.32. The molecule has 2 aromatic rings. The number of fused-ring (bicyclic) bond motifs is 1. The Morgan fingerprint density at radius 2 is 1.87 bits per heavy atom. The minimum absolute atomic E-state index is 0.140. The quantitative estimate of drug-likeness (QED) is 0.756. The Kier molecular flexibility index (Phi) is 4.98. The Morgan fingerprint density at radius 1 is 1.17 bits per heavy atom. The second-order valence-corrected chi connectivity index (χ2v) is 7.52. The number of nitrogens with one attached hydrogen (secondary N) is 1. The Balaban J connectivity index is 1.52. The summed E-state index contributed by atoms with van der Waals surface area (Å²) < 4.78 is 13.4. The van der Waals surface area contributed by atoms with Gasteiger partial charge in [0.2, 0.25) is 5.91 Å². The summed E-state index contributed by atoms with van der Waals surface area (Å²) in [4.78, 5) is 39.1. The average Bonchev–Trinajstić information content (AvgIpc) is 3.21. The topological polar surface area (TPSA) is 94.4 Å². The summed E-state index contributed by atoms with van der Waals surface area (Å²) in [6, 6.07) is 7.09. The minimum Gasteiger partial charge on any atom is -0.324 e. The van der Waals surface area contributed by atoms with Gasteiger partial charge in [-0.15, -0.1) is 0 Å². The van der Waals surface area contributed by atoms with Crippen molar-refractivity contribution in [2.75, 3.05) is 16.8 Å². The number of benzene rings is 2. The second kappa shape index (κ2) is 7.49. The summed E-state index contributed by atoms with van der Waals surface area (Å²) in [5, 5.41) is 11.5. The molecule has 0 spiro atoms. The highest BCUT2D eigenvalue weighted by Crippen LogP contribution is 2.33. The largest absolute Gasteiger partial charge is 0.324 e. The van der Waals surface area contributed by atoms with Gasteiger partial charge >= 0.3 is 0 Å². The van der Waals surface area contributed by atoms with Crippen molar-refractivity contribution >= 4 is 40.7 Å². The van der Waals surface area contributed by atoms with E-state index >= 15 is 0 Å². The minimum atomic E-state index is -1.06. The van der Waals surface area contributed by atoms with Gasteiger partial charge in [-0.25, -0.2) is 9.29 Å². The molecule has 0 bridgehead atoms. The van der Waals surface area contributed by atoms with Gasteiger partial charge in [0.25, 0.3) is 11.8 Å². The smallest absolute Gasteiger partial charge is 0.263 e. The lowest BCUT2D eigenvalue weighted by molar-refractivity contribution is -0.123. The van der Waals surface area contributed by atoms with Crippen LogP contribution in [0.15, 0.2) is 46.7 Å². The molecule has 0 radical (unpaired) electrons. The fraction of sp³-hybridized carbons (Fsp3) is 0.250. The zero-order valence-corrected chi connectivity index (χ0v) is 16.9. The molecule has 8 nitrogen and oxygen atoms in total. The normalized spacial score (nSPS) is 20.1. The van der Waals surface area contributed by atoms with Gasteiger partial charge in [-0.2, -0.15) is 5.11 Å². The molecule has 2 aromatic carbocycles. The van der Waals surface area contributed by atoms with E-state index < -0.39 is 35.6 Å². The van der Waals surface area contributed by atoms with Gasteiger partial charge in [-0.1, -0.05) is 35.0 Å². The molecule has 2 aliphatic heterocycles. The summed E-state index contributed by atoms with van der Waals surface area (Å²) in [7, 11) is 0. The molecular formula is C20H17ClFN5O3. The number of carbonyl (C=O) groups is 3. The summed E-state index contributed by atoms with van der Waals surface area (Å²) in [6.45, 7) is 3.49. The summed E-state index contributed by atoms with van der Waals surface area (Å²) >= 11 is 5.78. The first-order chi connectivity index (χ1) is 14.3. The van der Waals surface area contributed by atoms with Crippen LogP contribution >= 0.6 is 11.6 Å². The molecule has 1 N–H and O–H groups in total. The number of anilines is 2. The molecule has 4 rings (SSSR count). The maximum absolute atomic E-state index is 13.4. The van der Waals surface area contributed by atoms with Crippen LogP contribution in [0.25, 0.3) is 0 Å². The van der Waals surface area contributed by atoms with Crippen LogP contribution in [-0.4, -0.2) is 41.4 Å². The van der Waals surface area contributed by atoms with Crippen LogP contribution in [0.3, 0.4) is 0 Å². The zero-order chi connectivity index (χ0) is 21.6. The number of halogens is 2. The van der Waals surface area contributed by atoms with Crippen molar-refractivity contribution in [3.8, 4) is 0 Å². The van der Waals surface area contributed by atoms with E-state index in [9.17, 15) is 18.8 Å². The number of amides is 3. The molecule has 0 aliphatic carbocycles. The number of imide groups is 1. The SMILES string of the molecule is Cc1cccc(C)c1NC(=O)CN1N=NC2C(=O)N(c3ccc(F)c(Cl)c3)C(=O)C21. The predicted octanol–water partition coefficient (Wildman–Crippen LogP) is 3.03. The van der Waals surface area contributed by atoms with E-state index in [1.165, 1.54) is 17.1 Å². The van der Waals surface area contributed by atoms with Crippen molar-refractivity contribution in [2.45, 2.75) is 25.9 Å². The van der Waals surface area contributed by atoms with Crippen LogP contribution in [0.2, 0.25) is 5.02 Å². The molecule has 10 heteroatoms. The summed E-state index contributed by atoms with van der Waals surface area (Å²) in [5.74, 6) is -2.26. The number of carbonyl (C=O) groups excluding carboxylic acids is 3. The molecule has 2 atom stereocenters. The molecule has 2 aliphatic rings. The second-order valence-electron chi connectivity index (χ2n) is 7.12. The molecule has 30 heavy (non-hydrogen) atoms. The third-order valence-corrected chi connectivity index (χ3v) is 5.36. The predicted molar refractivity (Wildman–Crippen MR) is 108 cm³/mol. The van der Waals surface area contributed by atoms with Crippen molar-refractivity contribution in [3.05, 3.63) is 58.4 Å². The van der Waals surface area contributed by atoms with E-state index in [0.717, 1.165) is 22.1 Å². The van der Waals surface area contributed by atoms with Crippen LogP contribution in [0.4, 0.5) is 15.8 Å². The number of rotatable bonds is 4. The van der Waals surface area contributed by atoms with Gasteiger partial charge in [-0.05, 0) is 43.2 Å². The standard InChI is InChI=1S/C20H17ClFN5O3/c1-10-4-3-5-11(2)16(10)23-15(28)9-26-18-17(24-25-26)19(29)27(20(18)30)12-6-7-14(22)13(21)8-12/h3-8,17-18H,9H2,1-2H3,(H,23,28). The first-order valence-corrected chi connectivity index (χ1v) is 9.52. The van der Waals surface area contributed by atoms with Crippen LogP contribution < -0.4 is 10.2 Å². The van der Waals surface area contributed by atoms with E-state index in [1.54, 1.807) is 0 Å². The van der Waals surface area contributed by atoms with E-state index in [4.69, 9.17) is 11.6 Å². The first-order valence-electron chi connectivity index (χ1n) is 9.14. The lowest BCUT2D eigenvalue weighted by Crippen LogP contribution is -2.43. The van der Waals surface area contributed by atoms with Gasteiger partial charge in [0, 0.05) is 5.69 Å². The fourth-order valence-corrected chi connectivity index (χ4v) is 3.74. The lowest BCUT2D eigenvalue weighted by atomic mass is 10.1. The van der Waals surface area contributed by atoms with Gasteiger partial charge in [0.1, 0.15) is 12.4 Å². The molecule has 0 aromatic heterocycles. The van der Waals surface area contributed by atoms with E-state index in [2.05, 4.69) is 15.7 Å². The summed E-state index contributed by atoms with van der Waals surface area (Å²) in [6.07, 6.45) is 0. The number of hydrogen-bond acceptors (Lipinski definition) is 6. The Bertz CT molecular complexity index is 1090. The lowest BCUT2D eigenvalue weighted by Gasteiger charge is -2.21. The van der Waals surface area contributed by atoms with E-state index in [0.29, 0.717) is 5.69 Å². The van der Waals surface area contributed by atoms with Gasteiger partial charge < -0.3 is 5.32 Å². The van der Waals surface area contributed by atoms with Crippen molar-refractivity contribution in [2.24, 2.45) is 10.3 Å². The van der Waals surface area contributed by atoms with Crippen LogP contribution in [0.1, 0.15) is 11.1 Å². The molecular weight excluding hydrogens is 413 g/mol. The van der Waals surface area contributed by atoms with Crippen molar-refractivity contribution in [1.82, 2.24) is 5.01 Å². The zero-order valence-electron chi connectivity index (χ0n) is 16.1. The van der Waals surface area contributed by atoms with E-state index in [-0.39, 0.29) is 17.3 Å². The molecule has 154 valence electrons. The maximum Gasteiger partial charge on any atom is 0.263 e. The van der Waals surface area contributed by atoms with Gasteiger partial charge in [0.05, 0.1) is 10.7 Å². The van der Waals surface area contributed by atoms with Crippen LogP contribution in [0.5, 0.6) is 0 Å². The molecule has 1 fully saturated rings. The fourth-order valence-electron chi connectivity index (χ4n) is 3.57. The maximum atomic E-state index is 13.4. The highest BCUT2D eigenvalue weighted by atomic mass is 35.5. The Morgan fingerprint density at radius 3 is 2.53 bits per heavy atom. The molecule has 1 saturated heterocycles. The Hall–Kier alpha value is -3.33. The van der Waals surface area contributed by atoms with Crippen molar-refractivity contribution in [3.63, 3.8) is 0 Å². The monoisotopic (exact) mass is 429 g/mol. The first kappa shape index (κ1) is 20.0.